The first-order valence-corrected chi connectivity index (χ1v) is 54.5. The van der Waals surface area contributed by atoms with Gasteiger partial charge in [0.1, 0.15) is 0 Å². The van der Waals surface area contributed by atoms with Crippen LogP contribution in [0.3, 0.4) is 0 Å². The van der Waals surface area contributed by atoms with E-state index < -0.39 is 78.6 Å². The van der Waals surface area contributed by atoms with Crippen molar-refractivity contribution in [1.29, 1.82) is 0 Å². The van der Waals surface area contributed by atoms with Crippen LogP contribution in [0.4, 0.5) is 0 Å². The van der Waals surface area contributed by atoms with Gasteiger partial charge in [0.05, 0.1) is 0 Å². The summed E-state index contributed by atoms with van der Waals surface area (Å²) in [6, 6.07) is 11.4. The van der Waals surface area contributed by atoms with Gasteiger partial charge in [-0.15, -0.1) is 0 Å². The molecule has 2 rings (SSSR count). The van der Waals surface area contributed by atoms with Crippen LogP contribution < -0.4 is 8.58 Å². The predicted octanol–water partition coefficient (Wildman–Crippen LogP) is 15.6. The van der Waals surface area contributed by atoms with Crippen LogP contribution in [-0.4, -0.2) is 78.6 Å². The monoisotopic (exact) mass is 1110 g/mol. The van der Waals surface area contributed by atoms with Crippen molar-refractivity contribution in [3.8, 4) is 0 Å². The van der Waals surface area contributed by atoms with Crippen LogP contribution in [-0.2, 0) is 20.5 Å². The molecule has 0 aliphatic heterocycles. The molecule has 0 unspecified atom stereocenters. The van der Waals surface area contributed by atoms with Crippen molar-refractivity contribution in [2.75, 3.05) is 0 Å². The minimum absolute atomic E-state index is 0.106. The normalized spacial score (nSPS) is 15.4. The van der Waals surface area contributed by atoms with Gasteiger partial charge in [0.2, 0.25) is 0 Å². The summed E-state index contributed by atoms with van der Waals surface area (Å²) in [5.41, 5.74) is 10.7. The van der Waals surface area contributed by atoms with E-state index in [9.17, 15) is 0 Å². The molecule has 0 amide bonds. The summed E-state index contributed by atoms with van der Waals surface area (Å²) in [4.78, 5) is 0. The van der Waals surface area contributed by atoms with Gasteiger partial charge in [-0.25, -0.2) is 0 Å². The van der Waals surface area contributed by atoms with E-state index in [-0.39, 0.29) is 16.2 Å². The Kier molecular flexibility index (Phi) is 16.1. The Labute approximate surface area is 377 Å². The summed E-state index contributed by atoms with van der Waals surface area (Å²) < 4.78 is 2.17. The van der Waals surface area contributed by atoms with E-state index in [2.05, 4.69) is 224 Å². The van der Waals surface area contributed by atoms with Crippen molar-refractivity contribution in [3.05, 3.63) is 57.6 Å². The molecule has 9 heteroatoms. The molecule has 0 saturated heterocycles. The van der Waals surface area contributed by atoms with Crippen LogP contribution in [0.15, 0.2) is 24.3 Å². The molecule has 0 aromatic heterocycles. The summed E-state index contributed by atoms with van der Waals surface area (Å²) in [5.74, 6) is 0. The molecule has 326 valence electrons. The minimum atomic E-state index is -1.74. The first kappa shape index (κ1) is 54.3. The number of hydrogen-bond acceptors (Lipinski definition) is 0. The molecule has 0 saturated carbocycles. The Morgan fingerprint density at radius 2 is 0.684 bits per heavy atom. The van der Waals surface area contributed by atoms with E-state index in [1.165, 1.54) is 5.56 Å². The zero-order chi connectivity index (χ0) is 45.5. The summed E-state index contributed by atoms with van der Waals surface area (Å²) in [6.07, 6.45) is 0. The van der Waals surface area contributed by atoms with Gasteiger partial charge in [0, 0.05) is 0 Å². The Bertz CT molecular complexity index is 1620. The van der Waals surface area contributed by atoms with E-state index in [0.29, 0.717) is 4.28 Å². The van der Waals surface area contributed by atoms with Crippen molar-refractivity contribution in [3.63, 3.8) is 0 Å². The predicted molar refractivity (Wildman–Crippen MR) is 292 cm³/mol. The van der Waals surface area contributed by atoms with E-state index >= 15 is 0 Å². The fourth-order valence-corrected chi connectivity index (χ4v) is 80.6. The van der Waals surface area contributed by atoms with Crippen molar-refractivity contribution >= 4 is 92.6 Å². The molecule has 0 bridgehead atoms. The Morgan fingerprint density at radius 3 is 0.895 bits per heavy atom. The van der Waals surface area contributed by atoms with Crippen LogP contribution >= 0.6 is 5.40 Å². The average Bonchev–Trinajstić information content (AvgIpc) is 2.85. The van der Waals surface area contributed by atoms with Crippen LogP contribution in [0.1, 0.15) is 106 Å². The molecule has 0 heterocycles. The van der Waals surface area contributed by atoms with Gasteiger partial charge in [-0.1, -0.05) is 0 Å². The summed E-state index contributed by atoms with van der Waals surface area (Å²) in [7, 11) is -11.8. The zero-order valence-electron chi connectivity index (χ0n) is 43.9. The third-order valence-corrected chi connectivity index (χ3v) is 61.3. The summed E-state index contributed by atoms with van der Waals surface area (Å²) >= 11 is -1.29. The second-order valence-corrected chi connectivity index (χ2v) is 75.6. The molecule has 0 N–H and O–H groups in total. The molecular weight excluding hydrogens is 1010 g/mol. The van der Waals surface area contributed by atoms with Gasteiger partial charge in [0.25, 0.3) is 0 Å². The van der Waals surface area contributed by atoms with Crippen molar-refractivity contribution in [2.45, 2.75) is 231 Å². The molecule has 0 fully saturated rings. The van der Waals surface area contributed by atoms with Crippen LogP contribution in [0.2, 0.25) is 137 Å². The van der Waals surface area contributed by atoms with E-state index in [1.807, 2.05) is 22.0 Å². The number of hydrogen-bond donors (Lipinski definition) is 0. The first-order valence-electron chi connectivity index (χ1n) is 22.4. The molecule has 0 atom stereocenters. The van der Waals surface area contributed by atoms with Crippen LogP contribution in [0.25, 0.3) is 0 Å². The molecule has 0 aliphatic rings. The Balaban J connectivity index is 3.73. The van der Waals surface area contributed by atoms with Gasteiger partial charge in [0.15, 0.2) is 0 Å². The van der Waals surface area contributed by atoms with Crippen LogP contribution in [0.5, 0.6) is 0 Å². The van der Waals surface area contributed by atoms with Crippen molar-refractivity contribution in [2.24, 2.45) is 0 Å². The van der Waals surface area contributed by atoms with E-state index in [1.54, 1.807) is 19.8 Å². The molecule has 0 nitrogen and oxygen atoms in total. The van der Waals surface area contributed by atoms with E-state index in [0.717, 1.165) is 10.3 Å². The maximum atomic E-state index is 3.02. The Hall–Kier alpha value is 1.14. The maximum absolute atomic E-state index is 3.02. The molecular formula is C48H96BiPSi7. The summed E-state index contributed by atoms with van der Waals surface area (Å²) in [5, 5.41) is 5.03. The second kappa shape index (κ2) is 16.9. The molecule has 0 radical (unpaired) electrons. The topological polar surface area (TPSA) is 0 Å². The number of benzene rings is 2. The average molecular weight is 1110 g/mol. The molecule has 2 aromatic rings. The van der Waals surface area contributed by atoms with Crippen molar-refractivity contribution in [1.82, 2.24) is 0 Å². The van der Waals surface area contributed by atoms with E-state index in [4.69, 9.17) is 0 Å². The third-order valence-electron chi connectivity index (χ3n) is 12.9. The number of rotatable bonds is 12. The van der Waals surface area contributed by atoms with Gasteiger partial charge < -0.3 is 0 Å². The van der Waals surface area contributed by atoms with Crippen molar-refractivity contribution < 1.29 is 0 Å². The molecule has 0 aliphatic carbocycles. The van der Waals surface area contributed by atoms with Gasteiger partial charge in [-0.05, 0) is 0 Å². The summed E-state index contributed by atoms with van der Waals surface area (Å²) in [6.45, 7) is 80.1. The first-order chi connectivity index (χ1) is 24.6. The standard InChI is InChI=1S/C30H67PSi7.C18H29.Bi/c1-32(2,3)28(33(4,5)6)25-22-24(30(36(13,14)15,37(16,17)18)38(19,20)21)23-26(27(25)31)29(34(7,8)9)35(10,11)12;1-16(2,3)13-10-14(17(4,5)6)12-15(11-13)18(7,8)9;/h22-23,28-29H,1-21H3;10-11H,1-9H3;. The molecule has 0 spiro atoms. The Morgan fingerprint density at radius 1 is 0.404 bits per heavy atom. The second-order valence-electron chi connectivity index (χ2n) is 28.7. The van der Waals surface area contributed by atoms with Gasteiger partial charge in [-0.2, -0.15) is 0 Å². The van der Waals surface area contributed by atoms with Gasteiger partial charge in [-0.3, -0.25) is 0 Å². The third kappa shape index (κ3) is 11.8. The SMILES string of the molecule is CC(C)(C)c1cc(C(C)(C)C)[c]([Bi]=[P]c2c(C([Si](C)(C)C)[Si](C)(C)C)cc(C([Si](C)(C)C)([Si](C)(C)C)[Si](C)(C)C)cc2C([Si](C)(C)C)[Si](C)(C)C)c(C(C)(C)C)c1. The van der Waals surface area contributed by atoms with Gasteiger partial charge >= 0.3 is 381 Å². The zero-order valence-corrected chi connectivity index (χ0v) is 55.2. The molecule has 57 heavy (non-hydrogen) atoms. The quantitative estimate of drug-likeness (QED) is 0.147. The molecule has 2 aromatic carbocycles. The van der Waals surface area contributed by atoms with Crippen LogP contribution in [0, 0.1) is 0 Å². The fourth-order valence-electron chi connectivity index (χ4n) is 13.0. The fraction of sp³-hybridized carbons (Fsp3) is 0.750.